The molecule has 0 aliphatic heterocycles. The van der Waals surface area contributed by atoms with Crippen LogP contribution in [0.2, 0.25) is 0 Å². The fraction of sp³-hybridized carbons (Fsp3) is 0.235. The Bertz CT molecular complexity index is 787. The zero-order valence-corrected chi connectivity index (χ0v) is 13.3. The lowest BCUT2D eigenvalue weighted by atomic mass is 10.1. The van der Waals surface area contributed by atoms with Gasteiger partial charge in [0.2, 0.25) is 0 Å². The van der Waals surface area contributed by atoms with E-state index in [2.05, 4.69) is 21.2 Å². The first-order valence-electron chi connectivity index (χ1n) is 7.05. The molecule has 2 rings (SSSR count). The summed E-state index contributed by atoms with van der Waals surface area (Å²) in [5.41, 5.74) is 0.792. The second-order valence-electron chi connectivity index (χ2n) is 4.70. The molecule has 0 bridgehead atoms. The zero-order valence-electron chi connectivity index (χ0n) is 13.3. The summed E-state index contributed by atoms with van der Waals surface area (Å²) >= 11 is 0. The van der Waals surface area contributed by atoms with Crippen molar-refractivity contribution in [3.63, 3.8) is 0 Å². The van der Waals surface area contributed by atoms with Crippen LogP contribution in [-0.4, -0.2) is 43.3 Å². The second-order valence-corrected chi connectivity index (χ2v) is 4.70. The molecule has 1 aromatic carbocycles. The van der Waals surface area contributed by atoms with Crippen molar-refractivity contribution in [2.24, 2.45) is 0 Å². The number of esters is 1. The van der Waals surface area contributed by atoms with Crippen molar-refractivity contribution in [1.29, 1.82) is 0 Å². The lowest BCUT2D eigenvalue weighted by molar-refractivity contribution is 0.0595. The summed E-state index contributed by atoms with van der Waals surface area (Å²) in [4.78, 5) is 20.3. The van der Waals surface area contributed by atoms with Crippen LogP contribution in [0.1, 0.15) is 16.1 Å². The molecule has 0 unspecified atom stereocenters. The monoisotopic (exact) mass is 329 g/mol. The average molecular weight is 329 g/mol. The Morgan fingerprint density at radius 3 is 2.88 bits per heavy atom. The number of halogens is 1. The predicted molar refractivity (Wildman–Crippen MR) is 87.1 cm³/mol. The number of carbonyl (C=O) groups excluding carboxylic acids is 1. The van der Waals surface area contributed by atoms with Gasteiger partial charge in [-0.05, 0) is 18.2 Å². The molecule has 0 atom stereocenters. The van der Waals surface area contributed by atoms with E-state index >= 15 is 0 Å². The maximum absolute atomic E-state index is 14.1. The Morgan fingerprint density at radius 1 is 1.42 bits per heavy atom. The Labute approximate surface area is 139 Å². The van der Waals surface area contributed by atoms with E-state index in [0.29, 0.717) is 18.7 Å². The van der Waals surface area contributed by atoms with Crippen molar-refractivity contribution >= 4 is 11.8 Å². The van der Waals surface area contributed by atoms with Crippen LogP contribution in [0.5, 0.6) is 0 Å². The number of ether oxygens (including phenoxy) is 2. The van der Waals surface area contributed by atoms with E-state index in [1.807, 2.05) is 0 Å². The van der Waals surface area contributed by atoms with E-state index < -0.39 is 11.8 Å². The molecule has 0 saturated heterocycles. The molecule has 6 nitrogen and oxygen atoms in total. The molecular weight excluding hydrogens is 313 g/mol. The van der Waals surface area contributed by atoms with Gasteiger partial charge in [-0.2, -0.15) is 0 Å². The molecule has 2 aromatic rings. The van der Waals surface area contributed by atoms with Crippen molar-refractivity contribution in [3.8, 4) is 23.6 Å². The summed E-state index contributed by atoms with van der Waals surface area (Å²) in [7, 11) is 2.79. The van der Waals surface area contributed by atoms with Gasteiger partial charge < -0.3 is 14.8 Å². The number of terminal acetylenes is 1. The minimum Gasteiger partial charge on any atom is -0.464 e. The van der Waals surface area contributed by atoms with Gasteiger partial charge in [-0.15, -0.1) is 6.42 Å². The molecule has 1 N–H and O–H groups in total. The summed E-state index contributed by atoms with van der Waals surface area (Å²) in [6, 6.07) is 4.20. The van der Waals surface area contributed by atoms with Gasteiger partial charge in [-0.3, -0.25) is 0 Å². The quantitative estimate of drug-likeness (QED) is 0.497. The van der Waals surface area contributed by atoms with Crippen molar-refractivity contribution in [3.05, 3.63) is 41.5 Å². The number of carbonyl (C=O) groups is 1. The minimum atomic E-state index is -0.683. The van der Waals surface area contributed by atoms with Gasteiger partial charge in [0.05, 0.1) is 25.6 Å². The van der Waals surface area contributed by atoms with E-state index in [1.165, 1.54) is 31.5 Å². The van der Waals surface area contributed by atoms with Gasteiger partial charge in [0.1, 0.15) is 5.82 Å². The predicted octanol–water partition coefficient (Wildman–Crippen LogP) is 2.11. The smallest absolute Gasteiger partial charge is 0.360 e. The Hall–Kier alpha value is -2.98. The van der Waals surface area contributed by atoms with Crippen molar-refractivity contribution in [1.82, 2.24) is 9.97 Å². The zero-order chi connectivity index (χ0) is 17.5. The largest absolute Gasteiger partial charge is 0.464 e. The fourth-order valence-electron chi connectivity index (χ4n) is 1.97. The summed E-state index contributed by atoms with van der Waals surface area (Å²) in [6.07, 6.45) is 6.70. The van der Waals surface area contributed by atoms with E-state index in [9.17, 15) is 9.18 Å². The van der Waals surface area contributed by atoms with Crippen LogP contribution in [0, 0.1) is 18.2 Å². The number of hydrogen-bond acceptors (Lipinski definition) is 6. The highest BCUT2D eigenvalue weighted by Crippen LogP contribution is 2.24. The number of rotatable bonds is 6. The third kappa shape index (κ3) is 3.86. The minimum absolute atomic E-state index is 0.0448. The molecule has 0 aliphatic rings. The molecule has 0 saturated carbocycles. The van der Waals surface area contributed by atoms with Gasteiger partial charge in [-0.25, -0.2) is 19.2 Å². The maximum atomic E-state index is 14.1. The summed E-state index contributed by atoms with van der Waals surface area (Å²) in [5, 5.41) is 2.92. The van der Waals surface area contributed by atoms with Gasteiger partial charge in [0, 0.05) is 24.8 Å². The highest BCUT2D eigenvalue weighted by Gasteiger charge is 2.18. The number of methoxy groups -OCH3 is 2. The molecule has 0 aliphatic carbocycles. The van der Waals surface area contributed by atoms with Crippen molar-refractivity contribution < 1.29 is 18.7 Å². The van der Waals surface area contributed by atoms with Crippen LogP contribution in [0.3, 0.4) is 0 Å². The number of anilines is 1. The van der Waals surface area contributed by atoms with E-state index in [-0.39, 0.29) is 22.8 Å². The molecule has 1 aromatic heterocycles. The van der Waals surface area contributed by atoms with Gasteiger partial charge in [0.15, 0.2) is 11.5 Å². The first-order valence-corrected chi connectivity index (χ1v) is 7.05. The topological polar surface area (TPSA) is 73.3 Å². The van der Waals surface area contributed by atoms with Crippen LogP contribution in [0.15, 0.2) is 24.4 Å². The van der Waals surface area contributed by atoms with Crippen LogP contribution in [0.25, 0.3) is 11.3 Å². The van der Waals surface area contributed by atoms with Crippen molar-refractivity contribution in [2.75, 3.05) is 32.7 Å². The van der Waals surface area contributed by atoms with Gasteiger partial charge >= 0.3 is 5.97 Å². The highest BCUT2D eigenvalue weighted by molar-refractivity contribution is 5.93. The van der Waals surface area contributed by atoms with Crippen LogP contribution >= 0.6 is 0 Å². The Kier molecular flexibility index (Phi) is 5.82. The molecule has 0 radical (unpaired) electrons. The Morgan fingerprint density at radius 2 is 2.21 bits per heavy atom. The summed E-state index contributed by atoms with van der Waals surface area (Å²) < 4.78 is 23.7. The van der Waals surface area contributed by atoms with Gasteiger partial charge in [0.25, 0.3) is 0 Å². The number of nitrogens with one attached hydrogen (secondary N) is 1. The number of nitrogens with zero attached hydrogens (tertiary/aromatic N) is 2. The molecule has 7 heteroatoms. The molecule has 24 heavy (non-hydrogen) atoms. The third-order valence-corrected chi connectivity index (χ3v) is 3.16. The molecule has 0 amide bonds. The first-order chi connectivity index (χ1) is 11.6. The molecular formula is C17H16FN3O3. The second kappa shape index (κ2) is 8.04. The number of benzene rings is 1. The Balaban J connectivity index is 2.46. The maximum Gasteiger partial charge on any atom is 0.360 e. The molecule has 124 valence electrons. The molecule has 1 heterocycles. The summed E-state index contributed by atoms with van der Waals surface area (Å²) in [6.45, 7) is 0.846. The fourth-order valence-corrected chi connectivity index (χ4v) is 1.97. The SMILES string of the molecule is C#Cc1ccc(F)c(-c2cnc(NCCOC)c(C(=O)OC)n2)c1. The van der Waals surface area contributed by atoms with Crippen LogP contribution in [0.4, 0.5) is 10.2 Å². The lowest BCUT2D eigenvalue weighted by Gasteiger charge is -2.11. The average Bonchev–Trinajstić information content (AvgIpc) is 2.62. The van der Waals surface area contributed by atoms with E-state index in [0.717, 1.165) is 0 Å². The first kappa shape index (κ1) is 17.4. The van der Waals surface area contributed by atoms with Crippen LogP contribution < -0.4 is 5.32 Å². The van der Waals surface area contributed by atoms with E-state index in [1.54, 1.807) is 7.11 Å². The summed E-state index contributed by atoms with van der Waals surface area (Å²) in [5.74, 6) is 1.46. The standard InChI is InChI=1S/C17H16FN3O3/c1-4-11-5-6-13(18)12(9-11)14-10-20-16(19-7-8-23-2)15(21-14)17(22)24-3/h1,5-6,9-10H,7-8H2,2-3H3,(H,19,20). The van der Waals surface area contributed by atoms with Crippen LogP contribution in [-0.2, 0) is 9.47 Å². The van der Waals surface area contributed by atoms with Crippen molar-refractivity contribution in [2.45, 2.75) is 0 Å². The van der Waals surface area contributed by atoms with Gasteiger partial charge in [-0.1, -0.05) is 5.92 Å². The molecule has 0 fully saturated rings. The lowest BCUT2D eigenvalue weighted by Crippen LogP contribution is -2.15. The molecule has 0 spiro atoms. The highest BCUT2D eigenvalue weighted by atomic mass is 19.1. The number of aromatic nitrogens is 2. The normalized spacial score (nSPS) is 10.1. The number of hydrogen-bond donors (Lipinski definition) is 1. The third-order valence-electron chi connectivity index (χ3n) is 3.16. The van der Waals surface area contributed by atoms with E-state index in [4.69, 9.17) is 15.9 Å².